The maximum absolute atomic E-state index is 13.9. The van der Waals surface area contributed by atoms with Crippen molar-refractivity contribution in [3.8, 4) is 5.75 Å². The lowest BCUT2D eigenvalue weighted by atomic mass is 10.0. The third-order valence-electron chi connectivity index (χ3n) is 7.30. The highest BCUT2D eigenvalue weighted by molar-refractivity contribution is 8.26. The zero-order chi connectivity index (χ0) is 28.5. The lowest BCUT2D eigenvalue weighted by Gasteiger charge is -2.39. The lowest BCUT2D eigenvalue weighted by molar-refractivity contribution is -0.125. The number of hydrogen-bond acceptors (Lipinski definition) is 8. The van der Waals surface area contributed by atoms with Gasteiger partial charge in [-0.2, -0.15) is 0 Å². The third-order valence-corrected chi connectivity index (χ3v) is 8.12. The van der Waals surface area contributed by atoms with Crippen molar-refractivity contribution in [2.24, 2.45) is 5.92 Å². The van der Waals surface area contributed by atoms with E-state index in [1.807, 2.05) is 0 Å². The number of nitrogens with one attached hydrogen (secondary N) is 5. The molecule has 0 aliphatic heterocycles. The van der Waals surface area contributed by atoms with E-state index in [2.05, 4.69) is 15.6 Å². The van der Waals surface area contributed by atoms with Crippen molar-refractivity contribution >= 4 is 33.7 Å². The number of hydrogen-bond donors (Lipinski definition) is 6. The second kappa shape index (κ2) is 11.3. The molecule has 10 nitrogen and oxygen atoms in total. The van der Waals surface area contributed by atoms with Crippen LogP contribution in [0.3, 0.4) is 0 Å². The number of H-pyrrole nitrogens is 1. The quantitative estimate of drug-likeness (QED) is 0.165. The molecule has 0 spiro atoms. The molecule has 1 heterocycles. The summed E-state index contributed by atoms with van der Waals surface area (Å²) in [5.41, 5.74) is -2.43. The smallest absolute Gasteiger partial charge is 0.275 e. The van der Waals surface area contributed by atoms with Crippen molar-refractivity contribution in [1.82, 2.24) is 20.5 Å². The van der Waals surface area contributed by atoms with Crippen LogP contribution in [0.2, 0.25) is 0 Å². The van der Waals surface area contributed by atoms with E-state index in [9.17, 15) is 28.3 Å². The molecule has 2 saturated carbocycles. The monoisotopic (exact) mass is 560 g/mol. The van der Waals surface area contributed by atoms with E-state index in [1.165, 1.54) is 18.0 Å². The Morgan fingerprint density at radius 3 is 2.62 bits per heavy atom. The minimum atomic E-state index is -0.976. The van der Waals surface area contributed by atoms with Crippen molar-refractivity contribution in [3.05, 3.63) is 63.1 Å². The number of halogens is 2. The summed E-state index contributed by atoms with van der Waals surface area (Å²) in [5, 5.41) is 32.4. The van der Waals surface area contributed by atoms with E-state index in [-0.39, 0.29) is 46.2 Å². The van der Waals surface area contributed by atoms with Gasteiger partial charge in [0.05, 0.1) is 16.3 Å². The number of benzene rings is 1. The fourth-order valence-electron chi connectivity index (χ4n) is 4.76. The molecule has 0 radical (unpaired) electrons. The van der Waals surface area contributed by atoms with Crippen LogP contribution in [0.25, 0.3) is 0 Å². The van der Waals surface area contributed by atoms with Gasteiger partial charge in [0.2, 0.25) is 11.3 Å². The molecule has 39 heavy (non-hydrogen) atoms. The largest absolute Gasteiger partial charge is 0.503 e. The maximum Gasteiger partial charge on any atom is 0.275 e. The summed E-state index contributed by atoms with van der Waals surface area (Å²) in [6, 6.07) is 3.18. The fraction of sp³-hybridized carbons (Fsp3) is 0.423. The summed E-state index contributed by atoms with van der Waals surface area (Å²) >= 11 is 0.571. The van der Waals surface area contributed by atoms with Gasteiger partial charge >= 0.3 is 0 Å². The van der Waals surface area contributed by atoms with Crippen LogP contribution in [0, 0.1) is 28.4 Å². The van der Waals surface area contributed by atoms with E-state index in [0.29, 0.717) is 37.1 Å². The number of carbonyl (C=O) groups excluding carboxylic acids is 2. The van der Waals surface area contributed by atoms with Gasteiger partial charge in [0.1, 0.15) is 16.7 Å². The van der Waals surface area contributed by atoms with Gasteiger partial charge in [0, 0.05) is 37.7 Å². The summed E-state index contributed by atoms with van der Waals surface area (Å²) in [6.45, 7) is 0. The van der Waals surface area contributed by atoms with Gasteiger partial charge in [0.15, 0.2) is 11.4 Å². The van der Waals surface area contributed by atoms with E-state index in [1.54, 1.807) is 7.05 Å². The molecule has 2 amide bonds. The van der Waals surface area contributed by atoms with E-state index >= 15 is 0 Å². The van der Waals surface area contributed by atoms with Crippen LogP contribution in [0.5, 0.6) is 5.75 Å². The molecule has 0 bridgehead atoms. The SMILES string of the molecule is CNC1(N(C)C(=O)c2[nH]cc(C(=N)SC(=N)Cc3ccc(F)cc3F)c(=O)c2O)CCC(C(=O)NC2CC2)C1. The Morgan fingerprint density at radius 2 is 1.97 bits per heavy atom. The van der Waals surface area contributed by atoms with Crippen molar-refractivity contribution in [2.75, 3.05) is 14.1 Å². The van der Waals surface area contributed by atoms with Crippen LogP contribution in [0.4, 0.5) is 8.78 Å². The molecule has 0 saturated heterocycles. The molecule has 2 unspecified atom stereocenters. The first-order valence-electron chi connectivity index (χ1n) is 12.5. The Hall–Kier alpha value is -3.58. The van der Waals surface area contributed by atoms with Crippen LogP contribution in [0.15, 0.2) is 29.2 Å². The van der Waals surface area contributed by atoms with Gasteiger partial charge in [-0.05, 0) is 50.8 Å². The Balaban J connectivity index is 1.45. The topological polar surface area (TPSA) is 162 Å². The van der Waals surface area contributed by atoms with Gasteiger partial charge in [-0.1, -0.05) is 17.8 Å². The normalized spacial score (nSPS) is 20.5. The number of carbonyl (C=O) groups is 2. The molecule has 2 atom stereocenters. The first-order valence-corrected chi connectivity index (χ1v) is 13.3. The number of amides is 2. The molecular formula is C26H30F2N6O4S. The van der Waals surface area contributed by atoms with Crippen LogP contribution in [-0.2, 0) is 11.2 Å². The summed E-state index contributed by atoms with van der Waals surface area (Å²) in [5.74, 6) is -3.45. The summed E-state index contributed by atoms with van der Waals surface area (Å²) in [4.78, 5) is 42.8. The molecule has 1 aromatic heterocycles. The molecule has 13 heteroatoms. The highest BCUT2D eigenvalue weighted by Crippen LogP contribution is 2.38. The van der Waals surface area contributed by atoms with Gasteiger partial charge < -0.3 is 20.3 Å². The predicted molar refractivity (Wildman–Crippen MR) is 143 cm³/mol. The zero-order valence-corrected chi connectivity index (χ0v) is 22.3. The maximum atomic E-state index is 13.9. The summed E-state index contributed by atoms with van der Waals surface area (Å²) in [7, 11) is 3.21. The minimum Gasteiger partial charge on any atom is -0.503 e. The standard InChI is InChI=1S/C26H30F2N6O4S/c1-31-26(8-7-14(11-26)24(37)33-16-5-6-16)34(2)25(38)20-22(36)21(35)17(12-32-20)23(30)39-19(29)9-13-3-4-15(27)10-18(13)28/h3-4,10,12,14,16,29-31,36H,5-9,11H2,1-2H3,(H,32,35)(H,33,37). The lowest BCUT2D eigenvalue weighted by Crippen LogP contribution is -2.57. The number of rotatable bonds is 8. The second-order valence-electron chi connectivity index (χ2n) is 9.89. The van der Waals surface area contributed by atoms with E-state index < -0.39 is 39.4 Å². The fourth-order valence-corrected chi connectivity index (χ4v) is 5.50. The van der Waals surface area contributed by atoms with Crippen molar-refractivity contribution in [3.63, 3.8) is 0 Å². The van der Waals surface area contributed by atoms with Crippen molar-refractivity contribution in [2.45, 2.75) is 50.2 Å². The van der Waals surface area contributed by atoms with Crippen molar-refractivity contribution < 1.29 is 23.5 Å². The van der Waals surface area contributed by atoms with E-state index in [4.69, 9.17) is 10.8 Å². The van der Waals surface area contributed by atoms with Crippen molar-refractivity contribution in [1.29, 1.82) is 10.8 Å². The summed E-state index contributed by atoms with van der Waals surface area (Å²) in [6.07, 6.45) is 4.26. The molecule has 2 aliphatic carbocycles. The number of aromatic hydroxyl groups is 1. The molecule has 4 rings (SSSR count). The van der Waals surface area contributed by atoms with Crippen LogP contribution in [-0.4, -0.2) is 62.7 Å². The minimum absolute atomic E-state index is 0.0418. The Morgan fingerprint density at radius 1 is 1.26 bits per heavy atom. The predicted octanol–water partition coefficient (Wildman–Crippen LogP) is 2.70. The molecule has 1 aromatic carbocycles. The first-order chi connectivity index (χ1) is 18.5. The highest BCUT2D eigenvalue weighted by atomic mass is 32.2. The molecule has 2 aliphatic rings. The number of pyridine rings is 1. The van der Waals surface area contributed by atoms with Crippen LogP contribution in [0.1, 0.15) is 53.7 Å². The Bertz CT molecular complexity index is 1390. The average Bonchev–Trinajstić information content (AvgIpc) is 3.60. The highest BCUT2D eigenvalue weighted by Gasteiger charge is 2.46. The molecule has 208 valence electrons. The van der Waals surface area contributed by atoms with Gasteiger partial charge in [0.25, 0.3) is 5.91 Å². The molecular weight excluding hydrogens is 530 g/mol. The number of aromatic amines is 1. The van der Waals surface area contributed by atoms with Gasteiger partial charge in [-0.15, -0.1) is 0 Å². The number of nitrogens with zero attached hydrogens (tertiary/aromatic N) is 1. The number of aromatic nitrogens is 1. The van der Waals surface area contributed by atoms with Gasteiger partial charge in [-0.25, -0.2) is 8.78 Å². The Labute approximate surface area is 227 Å². The van der Waals surface area contributed by atoms with Crippen LogP contribution < -0.4 is 16.1 Å². The van der Waals surface area contributed by atoms with Gasteiger partial charge in [-0.3, -0.25) is 30.5 Å². The molecule has 2 aromatic rings. The number of thioether (sulfide) groups is 1. The van der Waals surface area contributed by atoms with Crippen LogP contribution >= 0.6 is 11.8 Å². The Kier molecular flexibility index (Phi) is 8.21. The first kappa shape index (κ1) is 28.4. The molecule has 2 fully saturated rings. The zero-order valence-electron chi connectivity index (χ0n) is 21.5. The second-order valence-corrected chi connectivity index (χ2v) is 11.0. The van der Waals surface area contributed by atoms with E-state index in [0.717, 1.165) is 25.1 Å². The average molecular weight is 561 g/mol. The summed E-state index contributed by atoms with van der Waals surface area (Å²) < 4.78 is 27.0. The third kappa shape index (κ3) is 6.04. The molecule has 6 N–H and O–H groups in total.